The predicted octanol–water partition coefficient (Wildman–Crippen LogP) is 5.31. The molecule has 4 heteroatoms. The van der Waals surface area contributed by atoms with Gasteiger partial charge in [-0.1, -0.05) is 57.4 Å². The summed E-state index contributed by atoms with van der Waals surface area (Å²) in [5.74, 6) is 0.613. The topological polar surface area (TPSA) is 58.6 Å². The number of hydrogen-bond acceptors (Lipinski definition) is 3. The summed E-state index contributed by atoms with van der Waals surface area (Å²) in [6, 6.07) is 10.7. The van der Waals surface area contributed by atoms with Gasteiger partial charge in [-0.2, -0.15) is 0 Å². The standard InChI is InChI=1S/C19H25NO3/c1-3-5-8-14(4-2)13-23-19(22)20-17-11-12-18(21)16-10-7-6-9-15(16)17/h6-7,9-12,14,21H,3-5,8,13H2,1-2H3,(H,20,22). The van der Waals surface area contributed by atoms with Crippen molar-refractivity contribution in [2.45, 2.75) is 39.5 Å². The maximum absolute atomic E-state index is 12.0. The molecule has 2 aromatic carbocycles. The number of aromatic hydroxyl groups is 1. The van der Waals surface area contributed by atoms with Gasteiger partial charge in [0.05, 0.1) is 12.3 Å². The van der Waals surface area contributed by atoms with E-state index in [0.29, 0.717) is 23.6 Å². The summed E-state index contributed by atoms with van der Waals surface area (Å²) in [6.45, 7) is 4.73. The van der Waals surface area contributed by atoms with Crippen LogP contribution in [-0.4, -0.2) is 17.8 Å². The smallest absolute Gasteiger partial charge is 0.411 e. The highest BCUT2D eigenvalue weighted by atomic mass is 16.5. The van der Waals surface area contributed by atoms with Crippen molar-refractivity contribution in [3.8, 4) is 5.75 Å². The van der Waals surface area contributed by atoms with Crippen molar-refractivity contribution in [1.82, 2.24) is 0 Å². The highest BCUT2D eigenvalue weighted by molar-refractivity contribution is 6.02. The van der Waals surface area contributed by atoms with Crippen LogP contribution in [0.3, 0.4) is 0 Å². The number of nitrogens with one attached hydrogen (secondary N) is 1. The van der Waals surface area contributed by atoms with Crippen molar-refractivity contribution in [2.75, 3.05) is 11.9 Å². The molecule has 2 N–H and O–H groups in total. The van der Waals surface area contributed by atoms with E-state index in [-0.39, 0.29) is 5.75 Å². The van der Waals surface area contributed by atoms with Gasteiger partial charge < -0.3 is 9.84 Å². The normalized spacial score (nSPS) is 12.1. The fourth-order valence-corrected chi connectivity index (χ4v) is 2.63. The first-order valence-electron chi connectivity index (χ1n) is 8.30. The van der Waals surface area contributed by atoms with E-state index < -0.39 is 6.09 Å². The third-order valence-corrected chi connectivity index (χ3v) is 4.13. The Morgan fingerprint density at radius 1 is 1.17 bits per heavy atom. The zero-order valence-electron chi connectivity index (χ0n) is 13.8. The Bertz CT molecular complexity index is 654. The number of carbonyl (C=O) groups is 1. The summed E-state index contributed by atoms with van der Waals surface area (Å²) < 4.78 is 5.36. The van der Waals surface area contributed by atoms with Gasteiger partial charge in [0, 0.05) is 10.8 Å². The van der Waals surface area contributed by atoms with Gasteiger partial charge in [-0.25, -0.2) is 4.79 Å². The molecule has 0 radical (unpaired) electrons. The largest absolute Gasteiger partial charge is 0.507 e. The Balaban J connectivity index is 1.99. The first kappa shape index (κ1) is 17.1. The number of anilines is 1. The lowest BCUT2D eigenvalue weighted by atomic mass is 10.0. The van der Waals surface area contributed by atoms with Crippen LogP contribution in [0.25, 0.3) is 10.8 Å². The lowest BCUT2D eigenvalue weighted by molar-refractivity contribution is 0.136. The van der Waals surface area contributed by atoms with Gasteiger partial charge in [-0.3, -0.25) is 5.32 Å². The zero-order chi connectivity index (χ0) is 16.7. The molecule has 0 aliphatic rings. The highest BCUT2D eigenvalue weighted by Gasteiger charge is 2.12. The molecule has 2 aromatic rings. The first-order chi connectivity index (χ1) is 11.2. The van der Waals surface area contributed by atoms with Crippen LogP contribution in [0, 0.1) is 5.92 Å². The third kappa shape index (κ3) is 4.62. The van der Waals surface area contributed by atoms with Gasteiger partial charge in [-0.05, 0) is 24.5 Å². The van der Waals surface area contributed by atoms with E-state index in [1.165, 1.54) is 0 Å². The van der Waals surface area contributed by atoms with Crippen LogP contribution in [0.2, 0.25) is 0 Å². The fourth-order valence-electron chi connectivity index (χ4n) is 2.63. The highest BCUT2D eigenvalue weighted by Crippen LogP contribution is 2.30. The minimum absolute atomic E-state index is 0.199. The van der Waals surface area contributed by atoms with Gasteiger partial charge in [0.2, 0.25) is 0 Å². The van der Waals surface area contributed by atoms with Crippen LogP contribution in [0.4, 0.5) is 10.5 Å². The number of rotatable bonds is 7. The maximum atomic E-state index is 12.0. The van der Waals surface area contributed by atoms with E-state index in [2.05, 4.69) is 19.2 Å². The summed E-state index contributed by atoms with van der Waals surface area (Å²) in [5, 5.41) is 14.2. The molecule has 0 fully saturated rings. The molecule has 124 valence electrons. The van der Waals surface area contributed by atoms with Crippen LogP contribution in [0.1, 0.15) is 39.5 Å². The summed E-state index contributed by atoms with van der Waals surface area (Å²) in [4.78, 5) is 12.0. The molecule has 23 heavy (non-hydrogen) atoms. The zero-order valence-corrected chi connectivity index (χ0v) is 13.8. The number of fused-ring (bicyclic) bond motifs is 1. The lowest BCUT2D eigenvalue weighted by Crippen LogP contribution is -2.18. The second kappa shape index (κ2) is 8.42. The molecule has 4 nitrogen and oxygen atoms in total. The van der Waals surface area contributed by atoms with Gasteiger partial charge in [0.1, 0.15) is 5.75 Å². The van der Waals surface area contributed by atoms with Gasteiger partial charge in [0.25, 0.3) is 0 Å². The Morgan fingerprint density at radius 2 is 1.91 bits per heavy atom. The Kier molecular flexibility index (Phi) is 6.27. The minimum Gasteiger partial charge on any atom is -0.507 e. The van der Waals surface area contributed by atoms with Gasteiger partial charge in [0.15, 0.2) is 0 Å². The Morgan fingerprint density at radius 3 is 2.61 bits per heavy atom. The van der Waals surface area contributed by atoms with Crippen LogP contribution in [-0.2, 0) is 4.74 Å². The molecular formula is C19H25NO3. The van der Waals surface area contributed by atoms with Crippen LogP contribution in [0.5, 0.6) is 5.75 Å². The lowest BCUT2D eigenvalue weighted by Gasteiger charge is -2.15. The summed E-state index contributed by atoms with van der Waals surface area (Å²) in [5.41, 5.74) is 0.644. The molecular weight excluding hydrogens is 290 g/mol. The molecule has 0 spiro atoms. The second-order valence-electron chi connectivity index (χ2n) is 5.82. The predicted molar refractivity (Wildman–Crippen MR) is 93.9 cm³/mol. The molecule has 0 bridgehead atoms. The molecule has 0 saturated heterocycles. The van der Waals surface area contributed by atoms with Crippen LogP contribution < -0.4 is 5.32 Å². The SMILES string of the molecule is CCCCC(CC)COC(=O)Nc1ccc(O)c2ccccc12. The number of benzene rings is 2. The number of phenols is 1. The molecule has 0 heterocycles. The molecule has 0 aliphatic heterocycles. The third-order valence-electron chi connectivity index (χ3n) is 4.13. The van der Waals surface area contributed by atoms with Gasteiger partial charge in [-0.15, -0.1) is 0 Å². The van der Waals surface area contributed by atoms with Crippen molar-refractivity contribution in [2.24, 2.45) is 5.92 Å². The van der Waals surface area contributed by atoms with Crippen LogP contribution >= 0.6 is 0 Å². The quantitative estimate of drug-likeness (QED) is 0.681. The number of ether oxygens (including phenoxy) is 1. The van der Waals surface area contributed by atoms with E-state index in [9.17, 15) is 9.90 Å². The van der Waals surface area contributed by atoms with E-state index in [4.69, 9.17) is 4.74 Å². The molecule has 1 unspecified atom stereocenters. The summed E-state index contributed by atoms with van der Waals surface area (Å²) in [6.07, 6.45) is 3.96. The number of carbonyl (C=O) groups excluding carboxylic acids is 1. The minimum atomic E-state index is -0.448. The molecule has 1 amide bonds. The number of unbranched alkanes of at least 4 members (excludes halogenated alkanes) is 1. The summed E-state index contributed by atoms with van der Waals surface area (Å²) >= 11 is 0. The molecule has 0 saturated carbocycles. The molecule has 1 atom stereocenters. The van der Waals surface area contributed by atoms with E-state index in [1.54, 1.807) is 12.1 Å². The number of phenolic OH excluding ortho intramolecular Hbond substituents is 1. The van der Waals surface area contributed by atoms with E-state index in [0.717, 1.165) is 31.1 Å². The fraction of sp³-hybridized carbons (Fsp3) is 0.421. The maximum Gasteiger partial charge on any atom is 0.411 e. The molecule has 0 aliphatic carbocycles. The average molecular weight is 315 g/mol. The van der Waals surface area contributed by atoms with Crippen molar-refractivity contribution in [3.63, 3.8) is 0 Å². The van der Waals surface area contributed by atoms with Crippen molar-refractivity contribution in [3.05, 3.63) is 36.4 Å². The van der Waals surface area contributed by atoms with E-state index in [1.807, 2.05) is 24.3 Å². The number of hydrogen-bond donors (Lipinski definition) is 2. The van der Waals surface area contributed by atoms with Gasteiger partial charge >= 0.3 is 6.09 Å². The average Bonchev–Trinajstić information content (AvgIpc) is 2.58. The Hall–Kier alpha value is -2.23. The number of amides is 1. The first-order valence-corrected chi connectivity index (χ1v) is 8.30. The van der Waals surface area contributed by atoms with Crippen LogP contribution in [0.15, 0.2) is 36.4 Å². The molecule has 2 rings (SSSR count). The monoisotopic (exact) mass is 315 g/mol. The van der Waals surface area contributed by atoms with E-state index >= 15 is 0 Å². The summed E-state index contributed by atoms with van der Waals surface area (Å²) in [7, 11) is 0. The van der Waals surface area contributed by atoms with Crippen molar-refractivity contribution < 1.29 is 14.6 Å². The molecule has 0 aromatic heterocycles. The Labute approximate surface area is 137 Å². The van der Waals surface area contributed by atoms with Crippen molar-refractivity contribution >= 4 is 22.6 Å². The second-order valence-corrected chi connectivity index (χ2v) is 5.82. The van der Waals surface area contributed by atoms with Crippen molar-refractivity contribution in [1.29, 1.82) is 0 Å².